The highest BCUT2D eigenvalue weighted by molar-refractivity contribution is 9.10. The van der Waals surface area contributed by atoms with Crippen molar-refractivity contribution in [3.05, 3.63) is 27.2 Å². The van der Waals surface area contributed by atoms with Crippen molar-refractivity contribution >= 4 is 15.9 Å². The Kier molecular flexibility index (Phi) is 5.23. The van der Waals surface area contributed by atoms with E-state index in [1.807, 2.05) is 0 Å². The molecule has 0 bridgehead atoms. The van der Waals surface area contributed by atoms with Gasteiger partial charge in [-0.25, -0.2) is 0 Å². The van der Waals surface area contributed by atoms with Gasteiger partial charge in [-0.3, -0.25) is 0 Å². The van der Waals surface area contributed by atoms with E-state index in [0.717, 1.165) is 16.6 Å². The molecule has 1 aromatic carbocycles. The smallest absolute Gasteiger partial charge is 0.136 e. The first-order chi connectivity index (χ1) is 10.3. The van der Waals surface area contributed by atoms with Crippen LogP contribution in [-0.2, 0) is 19.3 Å². The van der Waals surface area contributed by atoms with E-state index in [1.165, 1.54) is 63.5 Å². The predicted octanol–water partition coefficient (Wildman–Crippen LogP) is 4.41. The van der Waals surface area contributed by atoms with E-state index >= 15 is 0 Å². The molecular weight excluding hydrogens is 326 g/mol. The van der Waals surface area contributed by atoms with Gasteiger partial charge in [-0.15, -0.1) is 0 Å². The van der Waals surface area contributed by atoms with Crippen molar-refractivity contribution in [3.8, 4) is 5.75 Å². The normalized spacial score (nSPS) is 22.5. The SMILES string of the molecule is COc1c(Br)cc2c(c1CC1CCCCN1)CCCCC2. The third-order valence-electron chi connectivity index (χ3n) is 4.98. The largest absolute Gasteiger partial charge is 0.495 e. The van der Waals surface area contributed by atoms with Gasteiger partial charge in [0.15, 0.2) is 0 Å². The minimum Gasteiger partial charge on any atom is -0.495 e. The molecule has 1 aliphatic heterocycles. The molecule has 1 N–H and O–H groups in total. The maximum atomic E-state index is 5.75. The summed E-state index contributed by atoms with van der Waals surface area (Å²) < 4.78 is 6.89. The maximum absolute atomic E-state index is 5.75. The Balaban J connectivity index is 1.96. The predicted molar refractivity (Wildman–Crippen MR) is 91.3 cm³/mol. The molecule has 0 aromatic heterocycles. The third-order valence-corrected chi connectivity index (χ3v) is 5.57. The molecule has 1 heterocycles. The molecular formula is C18H26BrNO. The zero-order chi connectivity index (χ0) is 14.7. The summed E-state index contributed by atoms with van der Waals surface area (Å²) in [5, 5.41) is 3.69. The molecule has 3 rings (SSSR count). The minimum absolute atomic E-state index is 0.620. The Morgan fingerprint density at radius 3 is 2.81 bits per heavy atom. The van der Waals surface area contributed by atoms with Crippen LogP contribution in [0.2, 0.25) is 0 Å². The number of benzene rings is 1. The number of hydrogen-bond acceptors (Lipinski definition) is 2. The molecule has 1 saturated heterocycles. The summed E-state index contributed by atoms with van der Waals surface area (Å²) in [6.45, 7) is 1.17. The second-order valence-electron chi connectivity index (χ2n) is 6.42. The molecule has 1 fully saturated rings. The number of methoxy groups -OCH3 is 1. The van der Waals surface area contributed by atoms with Crippen LogP contribution in [-0.4, -0.2) is 19.7 Å². The molecule has 0 radical (unpaired) electrons. The van der Waals surface area contributed by atoms with E-state index in [-0.39, 0.29) is 0 Å². The molecule has 1 aliphatic carbocycles. The molecule has 2 nitrogen and oxygen atoms in total. The Hall–Kier alpha value is -0.540. The van der Waals surface area contributed by atoms with Gasteiger partial charge in [0.1, 0.15) is 5.75 Å². The number of ether oxygens (including phenoxy) is 1. The van der Waals surface area contributed by atoms with Gasteiger partial charge >= 0.3 is 0 Å². The van der Waals surface area contributed by atoms with Gasteiger partial charge in [0.25, 0.3) is 0 Å². The van der Waals surface area contributed by atoms with E-state index in [2.05, 4.69) is 27.3 Å². The fourth-order valence-electron chi connectivity index (χ4n) is 3.89. The summed E-state index contributed by atoms with van der Waals surface area (Å²) >= 11 is 3.73. The topological polar surface area (TPSA) is 21.3 Å². The zero-order valence-electron chi connectivity index (χ0n) is 13.0. The van der Waals surface area contributed by atoms with Crippen molar-refractivity contribution in [1.29, 1.82) is 0 Å². The number of fused-ring (bicyclic) bond motifs is 1. The molecule has 0 amide bonds. The lowest BCUT2D eigenvalue weighted by molar-refractivity contribution is 0.379. The second-order valence-corrected chi connectivity index (χ2v) is 7.27. The number of piperidine rings is 1. The maximum Gasteiger partial charge on any atom is 0.136 e. The minimum atomic E-state index is 0.620. The van der Waals surface area contributed by atoms with Crippen molar-refractivity contribution in [2.24, 2.45) is 0 Å². The lowest BCUT2D eigenvalue weighted by atomic mass is 9.90. The van der Waals surface area contributed by atoms with Crippen molar-refractivity contribution in [2.45, 2.75) is 63.8 Å². The van der Waals surface area contributed by atoms with Gasteiger partial charge in [0, 0.05) is 11.6 Å². The Morgan fingerprint density at radius 1 is 1.19 bits per heavy atom. The molecule has 116 valence electrons. The summed E-state index contributed by atoms with van der Waals surface area (Å²) in [5.74, 6) is 1.07. The van der Waals surface area contributed by atoms with E-state index in [9.17, 15) is 0 Å². The standard InChI is InChI=1S/C18H26BrNO/c1-21-18-16(12-14-8-5-6-10-20-14)15-9-4-2-3-7-13(15)11-17(18)19/h11,14,20H,2-10,12H2,1H3. The number of halogens is 1. The lowest BCUT2D eigenvalue weighted by Gasteiger charge is -2.26. The monoisotopic (exact) mass is 351 g/mol. The van der Waals surface area contributed by atoms with Crippen LogP contribution in [0.3, 0.4) is 0 Å². The van der Waals surface area contributed by atoms with Crippen LogP contribution in [0.1, 0.15) is 55.2 Å². The Morgan fingerprint density at radius 2 is 2.05 bits per heavy atom. The summed E-state index contributed by atoms with van der Waals surface area (Å²) in [4.78, 5) is 0. The highest BCUT2D eigenvalue weighted by atomic mass is 79.9. The summed E-state index contributed by atoms with van der Waals surface area (Å²) in [6.07, 6.45) is 11.5. The number of rotatable bonds is 3. The summed E-state index contributed by atoms with van der Waals surface area (Å²) in [6, 6.07) is 2.92. The van der Waals surface area contributed by atoms with Gasteiger partial charge < -0.3 is 10.1 Å². The van der Waals surface area contributed by atoms with Crippen LogP contribution in [0.4, 0.5) is 0 Å². The van der Waals surface area contributed by atoms with Crippen molar-refractivity contribution < 1.29 is 4.74 Å². The Bertz CT molecular complexity index is 494. The molecule has 0 saturated carbocycles. The van der Waals surface area contributed by atoms with Gasteiger partial charge in [0.05, 0.1) is 11.6 Å². The molecule has 21 heavy (non-hydrogen) atoms. The molecule has 2 aliphatic rings. The van der Waals surface area contributed by atoms with Crippen LogP contribution in [0, 0.1) is 0 Å². The van der Waals surface area contributed by atoms with Gasteiger partial charge in [-0.2, -0.15) is 0 Å². The lowest BCUT2D eigenvalue weighted by Crippen LogP contribution is -2.36. The van der Waals surface area contributed by atoms with E-state index < -0.39 is 0 Å². The van der Waals surface area contributed by atoms with E-state index in [4.69, 9.17) is 4.74 Å². The van der Waals surface area contributed by atoms with Crippen LogP contribution >= 0.6 is 15.9 Å². The highest BCUT2D eigenvalue weighted by Crippen LogP contribution is 2.38. The first-order valence-electron chi connectivity index (χ1n) is 8.40. The number of hydrogen-bond donors (Lipinski definition) is 1. The van der Waals surface area contributed by atoms with Crippen LogP contribution < -0.4 is 10.1 Å². The summed E-state index contributed by atoms with van der Waals surface area (Å²) in [7, 11) is 1.81. The molecule has 1 aromatic rings. The highest BCUT2D eigenvalue weighted by Gasteiger charge is 2.22. The first-order valence-corrected chi connectivity index (χ1v) is 9.19. The van der Waals surface area contributed by atoms with Crippen LogP contribution in [0.25, 0.3) is 0 Å². The van der Waals surface area contributed by atoms with Crippen LogP contribution in [0.5, 0.6) is 5.75 Å². The molecule has 1 atom stereocenters. The van der Waals surface area contributed by atoms with Gasteiger partial charge in [-0.05, 0) is 84.6 Å². The Labute approximate surface area is 136 Å². The summed E-state index contributed by atoms with van der Waals surface area (Å²) in [5.41, 5.74) is 4.59. The van der Waals surface area contributed by atoms with E-state index in [1.54, 1.807) is 18.2 Å². The van der Waals surface area contributed by atoms with Crippen molar-refractivity contribution in [2.75, 3.05) is 13.7 Å². The first kappa shape index (κ1) is 15.4. The molecule has 1 unspecified atom stereocenters. The van der Waals surface area contributed by atoms with Crippen molar-refractivity contribution in [3.63, 3.8) is 0 Å². The number of nitrogens with one attached hydrogen (secondary N) is 1. The second kappa shape index (κ2) is 7.15. The quantitative estimate of drug-likeness (QED) is 0.814. The fraction of sp³-hybridized carbons (Fsp3) is 0.667. The zero-order valence-corrected chi connectivity index (χ0v) is 14.6. The van der Waals surface area contributed by atoms with Crippen LogP contribution in [0.15, 0.2) is 10.5 Å². The molecule has 3 heteroatoms. The van der Waals surface area contributed by atoms with Crippen molar-refractivity contribution in [1.82, 2.24) is 5.32 Å². The average molecular weight is 352 g/mol. The molecule has 0 spiro atoms. The fourth-order valence-corrected chi connectivity index (χ4v) is 4.57. The van der Waals surface area contributed by atoms with Gasteiger partial charge in [-0.1, -0.05) is 12.8 Å². The van der Waals surface area contributed by atoms with Gasteiger partial charge in [0.2, 0.25) is 0 Å². The van der Waals surface area contributed by atoms with E-state index in [0.29, 0.717) is 6.04 Å². The third kappa shape index (κ3) is 3.45. The number of aryl methyl sites for hydroxylation is 1. The average Bonchev–Trinajstić information content (AvgIpc) is 2.73.